The van der Waals surface area contributed by atoms with Crippen molar-refractivity contribution in [2.75, 3.05) is 46.8 Å². The lowest BCUT2D eigenvalue weighted by atomic mass is 9.44. The van der Waals surface area contributed by atoms with E-state index in [1.165, 1.54) is 0 Å². The summed E-state index contributed by atoms with van der Waals surface area (Å²) < 4.78 is 72.6. The third-order valence-corrected chi connectivity index (χ3v) is 22.6. The third-order valence-electron chi connectivity index (χ3n) is 22.6. The lowest BCUT2D eigenvalue weighted by Crippen LogP contribution is -2.69. The average Bonchev–Trinajstić information content (AvgIpc) is 1.48. The largest absolute Gasteiger partial charge is 0.394 e. The van der Waals surface area contributed by atoms with E-state index in [1.807, 2.05) is 6.92 Å². The minimum atomic E-state index is -2.08. The predicted molar refractivity (Wildman–Crippen MR) is 290 cm³/mol. The molecule has 10 fully saturated rings. The van der Waals surface area contributed by atoms with E-state index in [0.717, 1.165) is 32.1 Å². The zero-order valence-electron chi connectivity index (χ0n) is 50.3. The van der Waals surface area contributed by atoms with Gasteiger partial charge in [-0.1, -0.05) is 27.7 Å². The van der Waals surface area contributed by atoms with Crippen LogP contribution < -0.4 is 0 Å². The summed E-state index contributed by atoms with van der Waals surface area (Å²) >= 11 is 0. The molecule has 10 rings (SSSR count). The number of rotatable bonds is 20. The summed E-state index contributed by atoms with van der Waals surface area (Å²) in [6.45, 7) is 4.86. The Morgan fingerprint density at radius 1 is 0.489 bits per heavy atom. The van der Waals surface area contributed by atoms with E-state index in [4.69, 9.17) is 56.8 Å². The predicted octanol–water partition coefficient (Wildman–Crippen LogP) is -6.51. The quantitative estimate of drug-likeness (QED) is 0.0504. The van der Waals surface area contributed by atoms with Crippen molar-refractivity contribution in [2.24, 2.45) is 52.3 Å². The van der Waals surface area contributed by atoms with Crippen molar-refractivity contribution in [3.8, 4) is 0 Å². The van der Waals surface area contributed by atoms with Crippen LogP contribution in [0, 0.1) is 52.3 Å². The van der Waals surface area contributed by atoms with Crippen LogP contribution in [0.2, 0.25) is 0 Å². The lowest BCUT2D eigenvalue weighted by molar-refractivity contribution is -0.407. The fraction of sp³-hybridized carbons (Fsp3) is 1.00. The van der Waals surface area contributed by atoms with E-state index in [0.29, 0.717) is 37.5 Å². The number of aliphatic hydroxyl groups is 18. The summed E-state index contributed by atoms with van der Waals surface area (Å²) in [6, 6.07) is 0. The molecule has 0 amide bonds. The van der Waals surface area contributed by atoms with Gasteiger partial charge >= 0.3 is 0 Å². The Hall–Kier alpha value is -1.20. The van der Waals surface area contributed by atoms with Gasteiger partial charge in [0.1, 0.15) is 122 Å². The van der Waals surface area contributed by atoms with Crippen molar-refractivity contribution in [2.45, 2.75) is 263 Å². The minimum Gasteiger partial charge on any atom is -0.394 e. The SMILES string of the molecule is CO[C@]1(CC[C@@H](C)CO[C@@H]2O[C@H](CO)[C@@H](O)[C@H](O)[C@H]2O)O[C@H]2C[C@H]3[C@@H]4CC[C@H]5C[C@@H](O[C@@H]6O[C@H](CO)[C@H](O[C@@H]7O[C@H](CO)[C@@H](O)[C@H](O[C@@H]8O[C@H](CO)[C@@H](O)[C@H](O)[C@H]8O)[C@H]7O[C@@H]7O[C@H](CO)[C@@H](O)[C@H](O)[C@H]7O)[C@H](O)[C@H]6O)[C@H](O)C[C@]5(C)[C@H]4CC[C@]3(C)[C@H]2[C@@H]1C. The molecule has 88 heavy (non-hydrogen) atoms. The van der Waals surface area contributed by atoms with Crippen molar-refractivity contribution in [1.29, 1.82) is 0 Å². The van der Waals surface area contributed by atoms with Crippen LogP contribution in [0.4, 0.5) is 0 Å². The van der Waals surface area contributed by atoms with Gasteiger partial charge in [0.25, 0.3) is 0 Å². The highest BCUT2D eigenvalue weighted by Crippen LogP contribution is 2.71. The molecular formula is C58H98O30. The van der Waals surface area contributed by atoms with E-state index in [9.17, 15) is 91.9 Å². The highest BCUT2D eigenvalue weighted by Gasteiger charge is 2.69. The number of ether oxygens (including phenoxy) is 12. The summed E-state index contributed by atoms with van der Waals surface area (Å²) in [5.41, 5.74) is -0.354. The molecule has 0 radical (unpaired) electrons. The van der Waals surface area contributed by atoms with Gasteiger partial charge in [-0.15, -0.1) is 0 Å². The molecule has 30 nitrogen and oxygen atoms in total. The Morgan fingerprint density at radius 3 is 1.55 bits per heavy atom. The molecule has 6 aliphatic heterocycles. The van der Waals surface area contributed by atoms with Gasteiger partial charge in [0.2, 0.25) is 0 Å². The van der Waals surface area contributed by atoms with Crippen LogP contribution in [0.3, 0.4) is 0 Å². The van der Waals surface area contributed by atoms with Crippen molar-refractivity contribution < 1.29 is 149 Å². The Labute approximate surface area is 509 Å². The molecule has 6 saturated heterocycles. The van der Waals surface area contributed by atoms with Crippen molar-refractivity contribution >= 4 is 0 Å². The molecule has 0 aromatic carbocycles. The van der Waals surface area contributed by atoms with Gasteiger partial charge in [0, 0.05) is 19.4 Å². The fourth-order valence-electron chi connectivity index (χ4n) is 17.5. The number of fused-ring (bicyclic) bond motifs is 7. The van der Waals surface area contributed by atoms with Gasteiger partial charge in [0.05, 0.1) is 58.0 Å². The Morgan fingerprint density at radius 2 is 0.977 bits per heavy atom. The van der Waals surface area contributed by atoms with Crippen LogP contribution in [-0.4, -0.2) is 316 Å². The zero-order chi connectivity index (χ0) is 63.8. The van der Waals surface area contributed by atoms with Crippen LogP contribution in [0.25, 0.3) is 0 Å². The molecule has 0 aromatic heterocycles. The van der Waals surface area contributed by atoms with Gasteiger partial charge in [0.15, 0.2) is 37.2 Å². The molecule has 0 spiro atoms. The normalized spacial score (nSPS) is 55.1. The summed E-state index contributed by atoms with van der Waals surface area (Å²) in [5, 5.41) is 193. The van der Waals surface area contributed by atoms with Crippen LogP contribution >= 0.6 is 0 Å². The number of aliphatic hydroxyl groups excluding tert-OH is 18. The van der Waals surface area contributed by atoms with Crippen LogP contribution in [0.5, 0.6) is 0 Å². The highest BCUT2D eigenvalue weighted by molar-refractivity contribution is 5.16. The van der Waals surface area contributed by atoms with Gasteiger partial charge in [-0.25, -0.2) is 0 Å². The second kappa shape index (κ2) is 27.9. The summed E-state index contributed by atoms with van der Waals surface area (Å²) in [7, 11) is 1.68. The molecule has 18 N–H and O–H groups in total. The molecule has 6 heterocycles. The summed E-state index contributed by atoms with van der Waals surface area (Å²) in [4.78, 5) is 0. The van der Waals surface area contributed by atoms with Crippen molar-refractivity contribution in [3.63, 3.8) is 0 Å². The zero-order valence-corrected chi connectivity index (χ0v) is 50.3. The van der Waals surface area contributed by atoms with E-state index >= 15 is 0 Å². The van der Waals surface area contributed by atoms with E-state index in [1.54, 1.807) is 7.11 Å². The second-order valence-corrected chi connectivity index (χ2v) is 27.4. The molecular weight excluding hydrogens is 1180 g/mol. The first-order valence-electron chi connectivity index (χ1n) is 31.4. The maximum absolute atomic E-state index is 12.1. The van der Waals surface area contributed by atoms with Gasteiger partial charge in [-0.2, -0.15) is 0 Å². The van der Waals surface area contributed by atoms with Crippen molar-refractivity contribution in [1.82, 2.24) is 0 Å². The maximum atomic E-state index is 12.1. The third kappa shape index (κ3) is 12.6. The Balaban J connectivity index is 0.782. The first-order valence-corrected chi connectivity index (χ1v) is 31.4. The fourth-order valence-corrected chi connectivity index (χ4v) is 17.5. The highest BCUT2D eigenvalue weighted by atomic mass is 16.8. The monoisotopic (exact) mass is 1270 g/mol. The Kier molecular flexibility index (Phi) is 22.0. The standard InChI is InChI=1S/C58H98O30/c1-21(20-78-51-44(73)40(69)36(65)30(15-59)80-51)8-11-58(77-5)22(2)35-29(88-58)13-26-24-7-6-23-12-28(27(64)14-57(23,4)25(24)9-10-56(26,35)3)79-52-47(76)43(72)48(34(19-63)84-52)85-55-50(87-54-46(75)42(71)38(67)32(17-61)82-54)49(39(68)33(18-62)83-55)86-53-45(74)41(70)37(66)31(16-60)81-53/h21-55,59-76H,6-20H2,1-5H3/t21-,22+,23+,24-,25+,26+,27-,28-,29+,30-,31-,32-,33-,34-,35+,36-,37-,38-,39-,40+,41+,42+,43-,44-,45-,46-,47-,48+,49+,50-,51-,52-,53+,54+,55+,56+,57+,58-/m1/s1. The summed E-state index contributed by atoms with van der Waals surface area (Å²) in [5.74, 6) is 0.426. The molecule has 0 aromatic rings. The van der Waals surface area contributed by atoms with Crippen LogP contribution in [0.1, 0.15) is 85.5 Å². The number of hydrogen-bond acceptors (Lipinski definition) is 30. The molecule has 0 bridgehead atoms. The van der Waals surface area contributed by atoms with Gasteiger partial charge in [-0.05, 0) is 97.7 Å². The number of methoxy groups -OCH3 is 1. The van der Waals surface area contributed by atoms with E-state index in [2.05, 4.69) is 20.8 Å². The number of hydrogen-bond donors (Lipinski definition) is 18. The second-order valence-electron chi connectivity index (χ2n) is 27.4. The lowest BCUT2D eigenvalue weighted by Gasteiger charge is -2.62. The molecule has 4 aliphatic carbocycles. The molecule has 38 atom stereocenters. The average molecular weight is 1280 g/mol. The minimum absolute atomic E-state index is 0.0369. The van der Waals surface area contributed by atoms with Gasteiger partial charge < -0.3 is 149 Å². The first kappa shape index (κ1) is 69.6. The summed E-state index contributed by atoms with van der Waals surface area (Å²) in [6.07, 6.45) is -39.6. The Bertz CT molecular complexity index is 2240. The maximum Gasteiger partial charge on any atom is 0.187 e. The van der Waals surface area contributed by atoms with E-state index in [-0.39, 0.29) is 53.1 Å². The smallest absolute Gasteiger partial charge is 0.187 e. The van der Waals surface area contributed by atoms with Crippen LogP contribution in [-0.2, 0) is 56.8 Å². The molecule has 4 saturated carbocycles. The van der Waals surface area contributed by atoms with Gasteiger partial charge in [-0.3, -0.25) is 0 Å². The molecule has 10 aliphatic rings. The van der Waals surface area contributed by atoms with E-state index < -0.39 is 205 Å². The first-order chi connectivity index (χ1) is 41.7. The molecule has 30 heteroatoms. The molecule has 510 valence electrons. The van der Waals surface area contributed by atoms with Crippen molar-refractivity contribution in [3.05, 3.63) is 0 Å². The van der Waals surface area contributed by atoms with Crippen LogP contribution in [0.15, 0.2) is 0 Å². The molecule has 0 unspecified atom stereocenters. The topological polar surface area (TPSA) is 475 Å².